The molecule has 7 heteroatoms. The van der Waals surface area contributed by atoms with E-state index in [1.807, 2.05) is 53.9 Å². The molecule has 1 aliphatic rings. The van der Waals surface area contributed by atoms with Crippen molar-refractivity contribution in [1.82, 2.24) is 4.90 Å². The molecule has 27 heavy (non-hydrogen) atoms. The number of halogens is 2. The number of nitrogens with zero attached hydrogens (tertiary/aromatic N) is 1. The van der Waals surface area contributed by atoms with Crippen LogP contribution in [0.4, 0.5) is 5.69 Å². The van der Waals surface area contributed by atoms with Crippen LogP contribution in [0.15, 0.2) is 68.9 Å². The van der Waals surface area contributed by atoms with Crippen molar-refractivity contribution in [3.05, 3.63) is 84.9 Å². The molecule has 2 aromatic carbocycles. The Morgan fingerprint density at radius 2 is 1.93 bits per heavy atom. The Labute approximate surface area is 177 Å². The zero-order chi connectivity index (χ0) is 19.0. The van der Waals surface area contributed by atoms with Gasteiger partial charge in [-0.1, -0.05) is 34.1 Å². The molecule has 0 saturated heterocycles. The lowest BCUT2D eigenvalue weighted by atomic mass is 10.0. The third-order valence-electron chi connectivity index (χ3n) is 4.39. The number of anilines is 1. The molecule has 0 radical (unpaired) electrons. The van der Waals surface area contributed by atoms with Crippen LogP contribution in [0.3, 0.4) is 0 Å². The number of benzene rings is 2. The lowest BCUT2D eigenvalue weighted by molar-refractivity contribution is -0.117. The lowest BCUT2D eigenvalue weighted by Gasteiger charge is -2.30. The first kappa shape index (κ1) is 18.4. The summed E-state index contributed by atoms with van der Waals surface area (Å²) in [6.45, 7) is -0.0188. The van der Waals surface area contributed by atoms with E-state index < -0.39 is 0 Å². The molecule has 1 unspecified atom stereocenters. The Kier molecular flexibility index (Phi) is 5.16. The number of nitrogens with one attached hydrogen (secondary N) is 1. The highest BCUT2D eigenvalue weighted by atomic mass is 79.9. The molecule has 0 spiro atoms. The van der Waals surface area contributed by atoms with Crippen molar-refractivity contribution >= 4 is 60.7 Å². The third-order valence-corrected chi connectivity index (χ3v) is 6.50. The average molecular weight is 506 g/mol. The summed E-state index contributed by atoms with van der Waals surface area (Å²) in [5.74, 6) is -0.401. The Bertz CT molecular complexity index is 1020. The van der Waals surface area contributed by atoms with Gasteiger partial charge in [-0.05, 0) is 57.7 Å². The van der Waals surface area contributed by atoms with Gasteiger partial charge in [0.1, 0.15) is 6.54 Å². The summed E-state index contributed by atoms with van der Waals surface area (Å²) in [6.07, 6.45) is 0. The van der Waals surface area contributed by atoms with Gasteiger partial charge in [-0.3, -0.25) is 9.59 Å². The molecule has 2 amide bonds. The fraction of sp³-hybridized carbons (Fsp3) is 0.100. The van der Waals surface area contributed by atoms with E-state index in [0.29, 0.717) is 10.0 Å². The van der Waals surface area contributed by atoms with Crippen LogP contribution in [0.1, 0.15) is 26.8 Å². The number of thiophene rings is 1. The lowest BCUT2D eigenvalue weighted by Crippen LogP contribution is -2.38. The Hall–Kier alpha value is -1.96. The quantitative estimate of drug-likeness (QED) is 0.503. The molecule has 3 aromatic rings. The Balaban J connectivity index is 1.89. The third kappa shape index (κ3) is 3.59. The number of carbonyl (C=O) groups excluding carboxylic acids is 2. The molecular weight excluding hydrogens is 492 g/mol. The van der Waals surface area contributed by atoms with Crippen molar-refractivity contribution in [3.63, 3.8) is 0 Å². The maximum absolute atomic E-state index is 13.4. The Morgan fingerprint density at radius 3 is 2.67 bits per heavy atom. The normalized spacial score (nSPS) is 16.4. The van der Waals surface area contributed by atoms with Gasteiger partial charge in [0, 0.05) is 25.1 Å². The van der Waals surface area contributed by atoms with Crippen LogP contribution in [0.5, 0.6) is 0 Å². The minimum atomic E-state index is -0.351. The van der Waals surface area contributed by atoms with Gasteiger partial charge in [0.15, 0.2) is 0 Å². The summed E-state index contributed by atoms with van der Waals surface area (Å²) < 4.78 is 1.60. The van der Waals surface area contributed by atoms with Crippen LogP contribution in [0, 0.1) is 0 Å². The topological polar surface area (TPSA) is 49.4 Å². The average Bonchev–Trinajstić information content (AvgIpc) is 3.13. The van der Waals surface area contributed by atoms with Crippen molar-refractivity contribution in [2.45, 2.75) is 6.04 Å². The first-order valence-corrected chi connectivity index (χ1v) is 10.7. The fourth-order valence-electron chi connectivity index (χ4n) is 3.21. The van der Waals surface area contributed by atoms with Crippen LogP contribution in [-0.2, 0) is 4.79 Å². The summed E-state index contributed by atoms with van der Waals surface area (Å²) >= 11 is 8.54. The summed E-state index contributed by atoms with van der Waals surface area (Å²) in [6, 6.07) is 16.6. The predicted octanol–water partition coefficient (Wildman–Crippen LogP) is 5.46. The number of fused-ring (bicyclic) bond motifs is 1. The van der Waals surface area contributed by atoms with E-state index in [2.05, 4.69) is 37.2 Å². The van der Waals surface area contributed by atoms with Crippen molar-refractivity contribution in [1.29, 1.82) is 0 Å². The molecule has 4 nitrogen and oxygen atoms in total. The second kappa shape index (κ2) is 7.58. The van der Waals surface area contributed by atoms with Crippen LogP contribution in [-0.4, -0.2) is 23.3 Å². The SMILES string of the molecule is O=C1CN(C(=O)c2ccccc2Br)C(c2cccs2)c2cc(Br)ccc2N1. The van der Waals surface area contributed by atoms with E-state index in [1.165, 1.54) is 0 Å². The largest absolute Gasteiger partial charge is 0.324 e. The number of carbonyl (C=O) groups is 2. The zero-order valence-corrected chi connectivity index (χ0v) is 18.0. The van der Waals surface area contributed by atoms with Crippen LogP contribution in [0.2, 0.25) is 0 Å². The highest BCUT2D eigenvalue weighted by Crippen LogP contribution is 2.40. The van der Waals surface area contributed by atoms with E-state index in [9.17, 15) is 9.59 Å². The van der Waals surface area contributed by atoms with Crippen molar-refractivity contribution in [2.75, 3.05) is 11.9 Å². The van der Waals surface area contributed by atoms with Gasteiger partial charge < -0.3 is 10.2 Å². The second-order valence-electron chi connectivity index (χ2n) is 6.11. The highest BCUT2D eigenvalue weighted by molar-refractivity contribution is 9.10. The maximum Gasteiger partial charge on any atom is 0.256 e. The minimum Gasteiger partial charge on any atom is -0.324 e. The van der Waals surface area contributed by atoms with E-state index in [0.717, 1.165) is 20.6 Å². The summed E-state index contributed by atoms with van der Waals surface area (Å²) in [7, 11) is 0. The molecule has 1 atom stereocenters. The molecule has 0 fully saturated rings. The van der Waals surface area contributed by atoms with Gasteiger partial charge in [-0.15, -0.1) is 11.3 Å². The number of amides is 2. The number of hydrogen-bond donors (Lipinski definition) is 1. The minimum absolute atomic E-state index is 0.0188. The number of rotatable bonds is 2. The maximum atomic E-state index is 13.4. The Morgan fingerprint density at radius 1 is 1.11 bits per heavy atom. The molecule has 0 aliphatic carbocycles. The zero-order valence-electron chi connectivity index (χ0n) is 14.0. The van der Waals surface area contributed by atoms with Gasteiger partial charge in [-0.2, -0.15) is 0 Å². The monoisotopic (exact) mass is 504 g/mol. The molecule has 0 saturated carbocycles. The molecular formula is C20H14Br2N2O2S. The van der Waals surface area contributed by atoms with Crippen molar-refractivity contribution in [3.8, 4) is 0 Å². The summed E-state index contributed by atoms with van der Waals surface area (Å²) in [5, 5.41) is 4.91. The van der Waals surface area contributed by atoms with Gasteiger partial charge >= 0.3 is 0 Å². The van der Waals surface area contributed by atoms with E-state index in [4.69, 9.17) is 0 Å². The summed E-state index contributed by atoms with van der Waals surface area (Å²) in [4.78, 5) is 28.6. The van der Waals surface area contributed by atoms with Gasteiger partial charge in [0.05, 0.1) is 11.6 Å². The molecule has 136 valence electrons. The first-order valence-electron chi connectivity index (χ1n) is 8.23. The highest BCUT2D eigenvalue weighted by Gasteiger charge is 2.35. The molecule has 1 N–H and O–H groups in total. The van der Waals surface area contributed by atoms with Crippen LogP contribution in [0.25, 0.3) is 0 Å². The first-order chi connectivity index (χ1) is 13.0. The number of hydrogen-bond acceptors (Lipinski definition) is 3. The smallest absolute Gasteiger partial charge is 0.256 e. The van der Waals surface area contributed by atoms with Crippen molar-refractivity contribution in [2.24, 2.45) is 0 Å². The molecule has 1 aromatic heterocycles. The standard InChI is InChI=1S/C20H14Br2N2O2S/c21-12-7-8-16-14(10-12)19(17-6-3-9-27-17)24(11-18(25)23-16)20(26)13-4-1-2-5-15(13)22/h1-10,19H,11H2,(H,23,25). The summed E-state index contributed by atoms with van der Waals surface area (Å²) in [5.41, 5.74) is 2.15. The van der Waals surface area contributed by atoms with Crippen LogP contribution >= 0.6 is 43.2 Å². The van der Waals surface area contributed by atoms with Gasteiger partial charge in [0.25, 0.3) is 5.91 Å². The van der Waals surface area contributed by atoms with E-state index >= 15 is 0 Å². The van der Waals surface area contributed by atoms with E-state index in [-0.39, 0.29) is 24.4 Å². The van der Waals surface area contributed by atoms with Crippen molar-refractivity contribution < 1.29 is 9.59 Å². The molecule has 0 bridgehead atoms. The fourth-order valence-corrected chi connectivity index (χ4v) is 4.90. The van der Waals surface area contributed by atoms with E-state index in [1.54, 1.807) is 22.3 Å². The van der Waals surface area contributed by atoms with Gasteiger partial charge in [0.2, 0.25) is 5.91 Å². The predicted molar refractivity (Wildman–Crippen MR) is 114 cm³/mol. The molecule has 1 aliphatic heterocycles. The van der Waals surface area contributed by atoms with Crippen LogP contribution < -0.4 is 5.32 Å². The van der Waals surface area contributed by atoms with Gasteiger partial charge in [-0.25, -0.2) is 0 Å². The molecule has 2 heterocycles. The second-order valence-corrected chi connectivity index (χ2v) is 8.86. The molecule has 4 rings (SSSR count).